The molecule has 0 aliphatic heterocycles. The zero-order valence-corrected chi connectivity index (χ0v) is 8.92. The van der Waals surface area contributed by atoms with Crippen LogP contribution in [-0.2, 0) is 0 Å². The van der Waals surface area contributed by atoms with Crippen LogP contribution in [0.5, 0.6) is 5.75 Å². The summed E-state index contributed by atoms with van der Waals surface area (Å²) in [6.45, 7) is 0.400. The standard InChI is InChI=1S/C10H10Cl2O2/c11-8-5-9(12)7-10(6-8)14-4-2-1-3-13/h1-2,5-7,13H,3-4H2/b2-1+. The minimum absolute atomic E-state index is 0.0136. The van der Waals surface area contributed by atoms with Gasteiger partial charge < -0.3 is 9.84 Å². The molecule has 14 heavy (non-hydrogen) atoms. The van der Waals surface area contributed by atoms with Crippen LogP contribution in [0.15, 0.2) is 30.4 Å². The van der Waals surface area contributed by atoms with Crippen LogP contribution in [0.4, 0.5) is 0 Å². The molecule has 0 fully saturated rings. The lowest BCUT2D eigenvalue weighted by molar-refractivity contribution is 0.336. The molecular formula is C10H10Cl2O2. The molecule has 1 aromatic rings. The maximum Gasteiger partial charge on any atom is 0.122 e. The molecule has 76 valence electrons. The van der Waals surface area contributed by atoms with Gasteiger partial charge in [0.05, 0.1) is 6.61 Å². The Morgan fingerprint density at radius 2 is 1.79 bits per heavy atom. The second-order valence-corrected chi connectivity index (χ2v) is 3.44. The molecule has 0 atom stereocenters. The van der Waals surface area contributed by atoms with Crippen molar-refractivity contribution < 1.29 is 9.84 Å². The third-order valence-corrected chi connectivity index (χ3v) is 1.89. The zero-order valence-electron chi connectivity index (χ0n) is 7.41. The molecule has 0 spiro atoms. The highest BCUT2D eigenvalue weighted by Gasteiger charge is 1.97. The third-order valence-electron chi connectivity index (χ3n) is 1.45. The molecule has 0 unspecified atom stereocenters. The quantitative estimate of drug-likeness (QED) is 0.810. The summed E-state index contributed by atoms with van der Waals surface area (Å²) in [7, 11) is 0. The Morgan fingerprint density at radius 3 is 2.36 bits per heavy atom. The predicted molar refractivity (Wildman–Crippen MR) is 58.2 cm³/mol. The lowest BCUT2D eigenvalue weighted by Gasteiger charge is -2.03. The van der Waals surface area contributed by atoms with Crippen molar-refractivity contribution in [2.45, 2.75) is 0 Å². The Balaban J connectivity index is 2.54. The number of aliphatic hydroxyl groups excluding tert-OH is 1. The van der Waals surface area contributed by atoms with E-state index in [0.29, 0.717) is 22.4 Å². The monoisotopic (exact) mass is 232 g/mol. The van der Waals surface area contributed by atoms with Crippen molar-refractivity contribution in [2.75, 3.05) is 13.2 Å². The van der Waals surface area contributed by atoms with Crippen LogP contribution in [0.2, 0.25) is 10.0 Å². The molecule has 0 aromatic heterocycles. The lowest BCUT2D eigenvalue weighted by Crippen LogP contribution is -1.93. The van der Waals surface area contributed by atoms with Crippen molar-refractivity contribution in [1.82, 2.24) is 0 Å². The predicted octanol–water partition coefficient (Wildman–Crippen LogP) is 2.92. The van der Waals surface area contributed by atoms with Crippen molar-refractivity contribution in [2.24, 2.45) is 0 Å². The Kier molecular flexibility index (Phi) is 4.80. The summed E-state index contributed by atoms with van der Waals surface area (Å²) in [5.74, 6) is 0.616. The normalized spacial score (nSPS) is 10.8. The van der Waals surface area contributed by atoms with E-state index < -0.39 is 0 Å². The van der Waals surface area contributed by atoms with Gasteiger partial charge >= 0.3 is 0 Å². The third kappa shape index (κ3) is 4.01. The first-order chi connectivity index (χ1) is 6.72. The molecule has 1 rings (SSSR count). The van der Waals surface area contributed by atoms with E-state index in [0.717, 1.165) is 0 Å². The molecule has 0 saturated heterocycles. The SMILES string of the molecule is OC/C=C/COc1cc(Cl)cc(Cl)c1. The van der Waals surface area contributed by atoms with Crippen LogP contribution >= 0.6 is 23.2 Å². The molecule has 0 amide bonds. The minimum Gasteiger partial charge on any atom is -0.489 e. The van der Waals surface area contributed by atoms with Crippen molar-refractivity contribution in [3.8, 4) is 5.75 Å². The molecule has 0 radical (unpaired) electrons. The average Bonchev–Trinajstić information content (AvgIpc) is 2.11. The highest BCUT2D eigenvalue weighted by Crippen LogP contribution is 2.23. The molecule has 0 aliphatic carbocycles. The Labute approximate surface area is 92.7 Å². The van der Waals surface area contributed by atoms with Gasteiger partial charge in [0.25, 0.3) is 0 Å². The summed E-state index contributed by atoms with van der Waals surface area (Å²) in [4.78, 5) is 0. The summed E-state index contributed by atoms with van der Waals surface area (Å²) in [5.41, 5.74) is 0. The van der Waals surface area contributed by atoms with Crippen molar-refractivity contribution in [1.29, 1.82) is 0 Å². The second kappa shape index (κ2) is 5.91. The van der Waals surface area contributed by atoms with Crippen molar-refractivity contribution in [3.05, 3.63) is 40.4 Å². The van der Waals surface area contributed by atoms with Crippen molar-refractivity contribution in [3.63, 3.8) is 0 Å². The second-order valence-electron chi connectivity index (χ2n) is 2.57. The van der Waals surface area contributed by atoms with E-state index >= 15 is 0 Å². The maximum absolute atomic E-state index is 8.47. The van der Waals surface area contributed by atoms with E-state index in [2.05, 4.69) is 0 Å². The lowest BCUT2D eigenvalue weighted by atomic mass is 10.3. The van der Waals surface area contributed by atoms with Gasteiger partial charge in [0.1, 0.15) is 12.4 Å². The number of benzene rings is 1. The van der Waals surface area contributed by atoms with E-state index in [-0.39, 0.29) is 6.61 Å². The van der Waals surface area contributed by atoms with E-state index in [1.165, 1.54) is 0 Å². The van der Waals surface area contributed by atoms with Gasteiger partial charge in [-0.25, -0.2) is 0 Å². The highest BCUT2D eigenvalue weighted by molar-refractivity contribution is 6.34. The molecule has 1 aromatic carbocycles. The van der Waals surface area contributed by atoms with E-state index in [4.69, 9.17) is 33.0 Å². The number of aliphatic hydroxyl groups is 1. The molecule has 4 heteroatoms. The summed E-state index contributed by atoms with van der Waals surface area (Å²) >= 11 is 11.5. The summed E-state index contributed by atoms with van der Waals surface area (Å²) in [5, 5.41) is 9.55. The number of hydrogen-bond acceptors (Lipinski definition) is 2. The molecule has 0 heterocycles. The molecule has 0 bridgehead atoms. The largest absolute Gasteiger partial charge is 0.489 e. The van der Waals surface area contributed by atoms with E-state index in [9.17, 15) is 0 Å². The first kappa shape index (κ1) is 11.4. The van der Waals surface area contributed by atoms with Gasteiger partial charge in [0, 0.05) is 10.0 Å². The van der Waals surface area contributed by atoms with Crippen LogP contribution in [0, 0.1) is 0 Å². The topological polar surface area (TPSA) is 29.5 Å². The first-order valence-corrected chi connectivity index (χ1v) is 4.82. The number of rotatable bonds is 4. The average molecular weight is 233 g/mol. The molecule has 0 aliphatic rings. The minimum atomic E-state index is 0.0136. The Bertz CT molecular complexity index is 304. The van der Waals surface area contributed by atoms with Crippen LogP contribution in [-0.4, -0.2) is 18.3 Å². The summed E-state index contributed by atoms with van der Waals surface area (Å²) in [6, 6.07) is 5.00. The van der Waals surface area contributed by atoms with Gasteiger partial charge in [0.15, 0.2) is 0 Å². The molecule has 1 N–H and O–H groups in total. The fraction of sp³-hybridized carbons (Fsp3) is 0.200. The molecular weight excluding hydrogens is 223 g/mol. The van der Waals surface area contributed by atoms with E-state index in [1.807, 2.05) is 0 Å². The van der Waals surface area contributed by atoms with Gasteiger partial charge in [-0.2, -0.15) is 0 Å². The Hall–Kier alpha value is -0.700. The van der Waals surface area contributed by atoms with Crippen LogP contribution in [0.3, 0.4) is 0 Å². The number of halogens is 2. The molecule has 2 nitrogen and oxygen atoms in total. The molecule has 0 saturated carbocycles. The van der Waals surface area contributed by atoms with Crippen LogP contribution < -0.4 is 4.74 Å². The fourth-order valence-electron chi connectivity index (χ4n) is 0.899. The van der Waals surface area contributed by atoms with Gasteiger partial charge in [-0.15, -0.1) is 0 Å². The Morgan fingerprint density at radius 1 is 1.14 bits per heavy atom. The van der Waals surface area contributed by atoms with Gasteiger partial charge in [-0.05, 0) is 24.3 Å². The number of hydrogen-bond donors (Lipinski definition) is 1. The first-order valence-electron chi connectivity index (χ1n) is 4.07. The zero-order chi connectivity index (χ0) is 10.4. The maximum atomic E-state index is 8.47. The fourth-order valence-corrected chi connectivity index (χ4v) is 1.40. The summed E-state index contributed by atoms with van der Waals surface area (Å²) < 4.78 is 5.30. The van der Waals surface area contributed by atoms with E-state index in [1.54, 1.807) is 30.4 Å². The van der Waals surface area contributed by atoms with Gasteiger partial charge in [-0.1, -0.05) is 29.3 Å². The highest BCUT2D eigenvalue weighted by atomic mass is 35.5. The van der Waals surface area contributed by atoms with Crippen molar-refractivity contribution >= 4 is 23.2 Å². The number of ether oxygens (including phenoxy) is 1. The summed E-state index contributed by atoms with van der Waals surface area (Å²) in [6.07, 6.45) is 3.32. The van der Waals surface area contributed by atoms with Gasteiger partial charge in [-0.3, -0.25) is 0 Å². The van der Waals surface area contributed by atoms with Crippen LogP contribution in [0.25, 0.3) is 0 Å². The van der Waals surface area contributed by atoms with Crippen LogP contribution in [0.1, 0.15) is 0 Å². The van der Waals surface area contributed by atoms with Gasteiger partial charge in [0.2, 0.25) is 0 Å². The smallest absolute Gasteiger partial charge is 0.122 e.